The first-order valence-electron chi connectivity index (χ1n) is 6.89. The fourth-order valence-electron chi connectivity index (χ4n) is 2.10. The lowest BCUT2D eigenvalue weighted by Gasteiger charge is -2.10. The van der Waals surface area contributed by atoms with E-state index < -0.39 is 26.5 Å². The molecule has 1 N–H and O–H groups in total. The summed E-state index contributed by atoms with van der Waals surface area (Å²) in [5, 5.41) is 14.5. The zero-order valence-electron chi connectivity index (χ0n) is 12.7. The Hall–Kier alpha value is -3.05. The van der Waals surface area contributed by atoms with Gasteiger partial charge < -0.3 is 0 Å². The maximum Gasteiger partial charge on any atom is 0.289 e. The Morgan fingerprint density at radius 1 is 1.23 bits per heavy atom. The number of anilines is 1. The standard InChI is InChI=1S/C14H9ClFN5O4S/c15-11-3-2-10(6-14(11)21(22)23)26(24,25)19-9-1-4-13(12(16)5-9)20-8-17-7-18-20/h1-8,19H. The minimum Gasteiger partial charge on any atom is -0.280 e. The maximum absolute atomic E-state index is 14.2. The van der Waals surface area contributed by atoms with Gasteiger partial charge in [0, 0.05) is 12.1 Å². The Morgan fingerprint density at radius 3 is 2.62 bits per heavy atom. The van der Waals surface area contributed by atoms with E-state index in [-0.39, 0.29) is 21.3 Å². The lowest BCUT2D eigenvalue weighted by molar-refractivity contribution is -0.384. The number of nitro benzene ring substituents is 1. The minimum absolute atomic E-state index is 0.0658. The smallest absolute Gasteiger partial charge is 0.280 e. The molecule has 0 aliphatic heterocycles. The zero-order chi connectivity index (χ0) is 18.9. The Balaban J connectivity index is 1.92. The first-order chi connectivity index (χ1) is 12.3. The Morgan fingerprint density at radius 2 is 2.00 bits per heavy atom. The number of nitro groups is 1. The monoisotopic (exact) mass is 397 g/mol. The highest BCUT2D eigenvalue weighted by molar-refractivity contribution is 7.92. The molecule has 0 unspecified atom stereocenters. The average Bonchev–Trinajstić information content (AvgIpc) is 3.08. The third kappa shape index (κ3) is 3.48. The van der Waals surface area contributed by atoms with Crippen molar-refractivity contribution in [2.24, 2.45) is 0 Å². The van der Waals surface area contributed by atoms with Crippen molar-refractivity contribution in [3.05, 3.63) is 70.0 Å². The van der Waals surface area contributed by atoms with Gasteiger partial charge in [0.05, 0.1) is 15.5 Å². The molecule has 0 amide bonds. The van der Waals surface area contributed by atoms with Gasteiger partial charge in [-0.1, -0.05) is 11.6 Å². The van der Waals surface area contributed by atoms with Crippen LogP contribution >= 0.6 is 11.6 Å². The molecule has 1 heterocycles. The number of hydrogen-bond donors (Lipinski definition) is 1. The summed E-state index contributed by atoms with van der Waals surface area (Å²) in [5.74, 6) is -0.738. The highest BCUT2D eigenvalue weighted by Crippen LogP contribution is 2.28. The molecule has 0 aliphatic carbocycles. The molecule has 26 heavy (non-hydrogen) atoms. The van der Waals surface area contributed by atoms with E-state index in [4.69, 9.17) is 11.6 Å². The van der Waals surface area contributed by atoms with Gasteiger partial charge in [0.1, 0.15) is 23.4 Å². The molecule has 3 rings (SSSR count). The van der Waals surface area contributed by atoms with Gasteiger partial charge in [-0.15, -0.1) is 0 Å². The van der Waals surface area contributed by atoms with E-state index in [1.165, 1.54) is 29.5 Å². The number of sulfonamides is 1. The summed E-state index contributed by atoms with van der Waals surface area (Å²) in [6.07, 6.45) is 2.51. The first-order valence-corrected chi connectivity index (χ1v) is 8.75. The van der Waals surface area contributed by atoms with Crippen LogP contribution in [0.3, 0.4) is 0 Å². The zero-order valence-corrected chi connectivity index (χ0v) is 14.3. The van der Waals surface area contributed by atoms with Crippen LogP contribution in [-0.2, 0) is 10.0 Å². The molecule has 0 radical (unpaired) electrons. The predicted molar refractivity (Wildman–Crippen MR) is 90.2 cm³/mol. The highest BCUT2D eigenvalue weighted by Gasteiger charge is 2.21. The number of nitrogens with zero attached hydrogens (tertiary/aromatic N) is 4. The van der Waals surface area contributed by atoms with Crippen LogP contribution in [0.4, 0.5) is 15.8 Å². The fourth-order valence-corrected chi connectivity index (χ4v) is 3.36. The van der Waals surface area contributed by atoms with Gasteiger partial charge in [-0.25, -0.2) is 22.5 Å². The summed E-state index contributed by atoms with van der Waals surface area (Å²) < 4.78 is 42.3. The van der Waals surface area contributed by atoms with Crippen LogP contribution in [0.15, 0.2) is 53.9 Å². The highest BCUT2D eigenvalue weighted by atomic mass is 35.5. The van der Waals surface area contributed by atoms with Crippen molar-refractivity contribution in [1.82, 2.24) is 14.8 Å². The normalized spacial score (nSPS) is 11.3. The minimum atomic E-state index is -4.18. The predicted octanol–water partition coefficient (Wildman–Crippen LogP) is 2.77. The molecule has 0 aliphatic rings. The third-order valence-corrected chi connectivity index (χ3v) is 4.99. The molecule has 1 aromatic heterocycles. The van der Waals surface area contributed by atoms with Crippen LogP contribution in [-0.4, -0.2) is 28.1 Å². The largest absolute Gasteiger partial charge is 0.289 e. The van der Waals surface area contributed by atoms with E-state index in [9.17, 15) is 22.9 Å². The van der Waals surface area contributed by atoms with Crippen molar-refractivity contribution in [2.75, 3.05) is 4.72 Å². The maximum atomic E-state index is 14.2. The molecule has 0 fully saturated rings. The van der Waals surface area contributed by atoms with Crippen LogP contribution in [0.25, 0.3) is 5.69 Å². The van der Waals surface area contributed by atoms with Crippen molar-refractivity contribution < 1.29 is 17.7 Å². The Labute approximate surface area is 151 Å². The van der Waals surface area contributed by atoms with Gasteiger partial charge >= 0.3 is 0 Å². The van der Waals surface area contributed by atoms with Gasteiger partial charge in [-0.2, -0.15) is 5.10 Å². The van der Waals surface area contributed by atoms with Gasteiger partial charge in [0.2, 0.25) is 0 Å². The van der Waals surface area contributed by atoms with Crippen LogP contribution in [0.1, 0.15) is 0 Å². The van der Waals surface area contributed by atoms with Crippen molar-refractivity contribution in [3.63, 3.8) is 0 Å². The number of aromatic nitrogens is 3. The molecule has 0 saturated heterocycles. The van der Waals surface area contributed by atoms with Gasteiger partial charge in [0.25, 0.3) is 15.7 Å². The van der Waals surface area contributed by atoms with E-state index in [2.05, 4.69) is 14.8 Å². The molecule has 12 heteroatoms. The van der Waals surface area contributed by atoms with Crippen molar-refractivity contribution in [1.29, 1.82) is 0 Å². The summed E-state index contributed by atoms with van der Waals surface area (Å²) in [4.78, 5) is 13.4. The molecule has 134 valence electrons. The SMILES string of the molecule is O=[N+]([O-])c1cc(S(=O)(=O)Nc2ccc(-n3cncn3)c(F)c2)ccc1Cl. The van der Waals surface area contributed by atoms with Crippen LogP contribution in [0.5, 0.6) is 0 Å². The summed E-state index contributed by atoms with van der Waals surface area (Å²) in [6.45, 7) is 0. The molecule has 3 aromatic rings. The van der Waals surface area contributed by atoms with E-state index in [0.717, 1.165) is 24.3 Å². The molecular weight excluding hydrogens is 389 g/mol. The molecule has 0 spiro atoms. The van der Waals surface area contributed by atoms with Gasteiger partial charge in [-0.3, -0.25) is 14.8 Å². The Bertz CT molecular complexity index is 1090. The van der Waals surface area contributed by atoms with Crippen LogP contribution in [0.2, 0.25) is 5.02 Å². The first kappa shape index (κ1) is 17.8. The van der Waals surface area contributed by atoms with Crippen molar-refractivity contribution in [3.8, 4) is 5.69 Å². The van der Waals surface area contributed by atoms with Crippen molar-refractivity contribution in [2.45, 2.75) is 4.90 Å². The average molecular weight is 398 g/mol. The van der Waals surface area contributed by atoms with Gasteiger partial charge in [-0.05, 0) is 24.3 Å². The quantitative estimate of drug-likeness (QED) is 0.522. The van der Waals surface area contributed by atoms with E-state index >= 15 is 0 Å². The number of benzene rings is 2. The topological polar surface area (TPSA) is 120 Å². The molecule has 0 atom stereocenters. The summed E-state index contributed by atoms with van der Waals surface area (Å²) in [5.41, 5.74) is -0.543. The molecule has 2 aromatic carbocycles. The Kier molecular flexibility index (Phi) is 4.57. The molecule has 9 nitrogen and oxygen atoms in total. The molecule has 0 bridgehead atoms. The second-order valence-corrected chi connectivity index (χ2v) is 7.07. The van der Waals surface area contributed by atoms with E-state index in [1.807, 2.05) is 0 Å². The number of rotatable bonds is 5. The molecular formula is C14H9ClFN5O4S. The molecule has 0 saturated carbocycles. The number of hydrogen-bond acceptors (Lipinski definition) is 6. The lowest BCUT2D eigenvalue weighted by Crippen LogP contribution is -2.13. The third-order valence-electron chi connectivity index (χ3n) is 3.29. The lowest BCUT2D eigenvalue weighted by atomic mass is 10.3. The number of halogens is 2. The second-order valence-electron chi connectivity index (χ2n) is 4.98. The van der Waals surface area contributed by atoms with E-state index in [0.29, 0.717) is 0 Å². The van der Waals surface area contributed by atoms with Crippen LogP contribution in [0, 0.1) is 15.9 Å². The van der Waals surface area contributed by atoms with Crippen molar-refractivity contribution >= 4 is 33.0 Å². The number of nitrogens with one attached hydrogen (secondary N) is 1. The summed E-state index contributed by atoms with van der Waals surface area (Å²) in [7, 11) is -4.18. The fraction of sp³-hybridized carbons (Fsp3) is 0. The summed E-state index contributed by atoms with van der Waals surface area (Å²) in [6, 6.07) is 6.62. The van der Waals surface area contributed by atoms with E-state index in [1.54, 1.807) is 0 Å². The van der Waals surface area contributed by atoms with Crippen LogP contribution < -0.4 is 4.72 Å². The second kappa shape index (κ2) is 6.69. The summed E-state index contributed by atoms with van der Waals surface area (Å²) >= 11 is 5.67. The van der Waals surface area contributed by atoms with Gasteiger partial charge in [0.15, 0.2) is 5.82 Å².